The van der Waals surface area contributed by atoms with Crippen molar-refractivity contribution in [1.82, 2.24) is 9.97 Å². The summed E-state index contributed by atoms with van der Waals surface area (Å²) in [6, 6.07) is 69.9. The lowest BCUT2D eigenvalue weighted by atomic mass is 9.93. The average molecular weight is 749 g/mol. The van der Waals surface area contributed by atoms with Crippen molar-refractivity contribution in [2.75, 3.05) is 0 Å². The summed E-state index contributed by atoms with van der Waals surface area (Å²) < 4.78 is 5.18. The molecule has 262 valence electrons. The van der Waals surface area contributed by atoms with Crippen LogP contribution in [0.1, 0.15) is 0 Å². The van der Waals surface area contributed by atoms with Crippen LogP contribution >= 0.6 is 22.7 Å². The van der Waals surface area contributed by atoms with Crippen LogP contribution in [0, 0.1) is 0 Å². The van der Waals surface area contributed by atoms with Crippen molar-refractivity contribution >= 4 is 63.0 Å². The van der Waals surface area contributed by atoms with Gasteiger partial charge < -0.3 is 0 Å². The SMILES string of the molecule is c1ccc(-c2ccc(-c3cc(-c4ccc5sc6ccccc6c5c4)cc(-c4cc(-c5ccc6sc7ccccc7c6c5)nc(-c5ccccc5)n4)c3)cc2)cc1. The fourth-order valence-corrected chi connectivity index (χ4v) is 10.0. The number of nitrogens with zero attached hydrogens (tertiary/aromatic N) is 2. The van der Waals surface area contributed by atoms with E-state index in [1.807, 2.05) is 28.7 Å². The zero-order valence-corrected chi connectivity index (χ0v) is 31.8. The summed E-state index contributed by atoms with van der Waals surface area (Å²) in [5.74, 6) is 0.707. The van der Waals surface area contributed by atoms with Crippen LogP contribution in [0.4, 0.5) is 0 Å². The fraction of sp³-hybridized carbons (Fsp3) is 0. The third kappa shape index (κ3) is 5.88. The largest absolute Gasteiger partial charge is 0.228 e. The predicted octanol–water partition coefficient (Wildman–Crippen LogP) is 15.2. The summed E-state index contributed by atoms with van der Waals surface area (Å²) in [6.07, 6.45) is 0. The van der Waals surface area contributed by atoms with Gasteiger partial charge in [-0.25, -0.2) is 9.97 Å². The maximum Gasteiger partial charge on any atom is 0.160 e. The minimum atomic E-state index is 0.707. The molecule has 0 radical (unpaired) electrons. The lowest BCUT2D eigenvalue weighted by Crippen LogP contribution is -1.96. The Morgan fingerprint density at radius 2 is 0.661 bits per heavy atom. The third-order valence-electron chi connectivity index (χ3n) is 10.7. The molecular formula is C52H32N2S2. The van der Waals surface area contributed by atoms with Gasteiger partial charge in [0.15, 0.2) is 5.82 Å². The molecule has 0 aliphatic heterocycles. The van der Waals surface area contributed by atoms with E-state index in [-0.39, 0.29) is 0 Å². The van der Waals surface area contributed by atoms with E-state index in [1.165, 1.54) is 57.0 Å². The first-order valence-electron chi connectivity index (χ1n) is 18.8. The Balaban J connectivity index is 1.11. The van der Waals surface area contributed by atoms with Gasteiger partial charge in [0.2, 0.25) is 0 Å². The summed E-state index contributed by atoms with van der Waals surface area (Å²) in [5.41, 5.74) is 11.9. The zero-order chi connectivity index (χ0) is 37.0. The van der Waals surface area contributed by atoms with Crippen molar-refractivity contribution in [3.63, 3.8) is 0 Å². The number of hydrogen-bond donors (Lipinski definition) is 0. The summed E-state index contributed by atoms with van der Waals surface area (Å²) >= 11 is 3.68. The van der Waals surface area contributed by atoms with Crippen molar-refractivity contribution in [3.8, 4) is 67.3 Å². The Morgan fingerprint density at radius 3 is 1.29 bits per heavy atom. The number of aromatic nitrogens is 2. The molecule has 4 heteroatoms. The molecule has 0 aliphatic carbocycles. The molecule has 3 heterocycles. The van der Waals surface area contributed by atoms with Crippen molar-refractivity contribution in [2.45, 2.75) is 0 Å². The lowest BCUT2D eigenvalue weighted by Gasteiger charge is -2.14. The van der Waals surface area contributed by atoms with Gasteiger partial charge in [0, 0.05) is 57.0 Å². The second-order valence-electron chi connectivity index (χ2n) is 14.2. The molecule has 0 amide bonds. The van der Waals surface area contributed by atoms with Gasteiger partial charge in [-0.05, 0) is 94.0 Å². The van der Waals surface area contributed by atoms with E-state index in [2.05, 4.69) is 188 Å². The number of thiophene rings is 2. The van der Waals surface area contributed by atoms with Crippen LogP contribution in [0.2, 0.25) is 0 Å². The van der Waals surface area contributed by atoms with Gasteiger partial charge in [0.1, 0.15) is 0 Å². The van der Waals surface area contributed by atoms with Gasteiger partial charge in [-0.15, -0.1) is 22.7 Å². The lowest BCUT2D eigenvalue weighted by molar-refractivity contribution is 1.18. The number of hydrogen-bond acceptors (Lipinski definition) is 4. The van der Waals surface area contributed by atoms with Crippen LogP contribution in [0.3, 0.4) is 0 Å². The minimum absolute atomic E-state index is 0.707. The molecule has 0 N–H and O–H groups in total. The second-order valence-corrected chi connectivity index (χ2v) is 16.4. The highest BCUT2D eigenvalue weighted by Crippen LogP contribution is 2.40. The first-order valence-corrected chi connectivity index (χ1v) is 20.4. The Hall–Kier alpha value is -6.72. The van der Waals surface area contributed by atoms with E-state index in [9.17, 15) is 0 Å². The Kier molecular flexibility index (Phi) is 7.90. The third-order valence-corrected chi connectivity index (χ3v) is 13.0. The van der Waals surface area contributed by atoms with E-state index >= 15 is 0 Å². The van der Waals surface area contributed by atoms with Crippen LogP contribution in [-0.4, -0.2) is 9.97 Å². The molecule has 11 aromatic rings. The molecule has 8 aromatic carbocycles. The highest BCUT2D eigenvalue weighted by molar-refractivity contribution is 7.26. The summed E-state index contributed by atoms with van der Waals surface area (Å²) in [7, 11) is 0. The van der Waals surface area contributed by atoms with Crippen LogP contribution in [0.25, 0.3) is 108 Å². The van der Waals surface area contributed by atoms with Gasteiger partial charge in [-0.1, -0.05) is 133 Å². The molecule has 0 aliphatic rings. The van der Waals surface area contributed by atoms with Crippen molar-refractivity contribution in [2.24, 2.45) is 0 Å². The van der Waals surface area contributed by atoms with Crippen molar-refractivity contribution in [3.05, 3.63) is 194 Å². The molecule has 0 saturated carbocycles. The van der Waals surface area contributed by atoms with Gasteiger partial charge in [-0.3, -0.25) is 0 Å². The Bertz CT molecular complexity index is 3230. The number of fused-ring (bicyclic) bond motifs is 6. The zero-order valence-electron chi connectivity index (χ0n) is 30.2. The highest BCUT2D eigenvalue weighted by atomic mass is 32.1. The summed E-state index contributed by atoms with van der Waals surface area (Å²) in [4.78, 5) is 10.5. The van der Waals surface area contributed by atoms with Crippen molar-refractivity contribution in [1.29, 1.82) is 0 Å². The average Bonchev–Trinajstić information content (AvgIpc) is 3.84. The van der Waals surface area contributed by atoms with Gasteiger partial charge in [0.05, 0.1) is 11.4 Å². The van der Waals surface area contributed by atoms with E-state index in [0.29, 0.717) is 5.82 Å². The van der Waals surface area contributed by atoms with Crippen LogP contribution < -0.4 is 0 Å². The Labute approximate surface area is 332 Å². The standard InChI is InChI=1S/C52H32N2S2/c1-3-11-33(12-4-1)34-19-21-35(22-20-34)39-27-40(37-23-25-50-44(30-37)42-15-7-9-17-48(42)55-50)29-41(28-39)47-32-46(53-52(54-47)36-13-5-2-6-14-36)38-24-26-51-45(31-38)43-16-8-10-18-49(43)56-51/h1-32H. The smallest absolute Gasteiger partial charge is 0.160 e. The number of benzene rings is 8. The van der Waals surface area contributed by atoms with E-state index in [1.54, 1.807) is 0 Å². The topological polar surface area (TPSA) is 25.8 Å². The monoisotopic (exact) mass is 748 g/mol. The molecule has 0 spiro atoms. The predicted molar refractivity (Wildman–Crippen MR) is 240 cm³/mol. The molecule has 11 rings (SSSR count). The van der Waals surface area contributed by atoms with Gasteiger partial charge in [0.25, 0.3) is 0 Å². The maximum absolute atomic E-state index is 5.30. The molecule has 0 bridgehead atoms. The molecule has 0 unspecified atom stereocenters. The molecule has 0 fully saturated rings. The molecule has 0 atom stereocenters. The molecule has 56 heavy (non-hydrogen) atoms. The van der Waals surface area contributed by atoms with E-state index in [0.717, 1.165) is 44.8 Å². The van der Waals surface area contributed by atoms with Crippen LogP contribution in [0.5, 0.6) is 0 Å². The molecule has 3 aromatic heterocycles. The highest BCUT2D eigenvalue weighted by Gasteiger charge is 2.16. The number of rotatable bonds is 6. The normalized spacial score (nSPS) is 11.6. The molecular weight excluding hydrogens is 717 g/mol. The fourth-order valence-electron chi connectivity index (χ4n) is 7.84. The van der Waals surface area contributed by atoms with Crippen LogP contribution in [0.15, 0.2) is 194 Å². The minimum Gasteiger partial charge on any atom is -0.228 e. The quantitative estimate of drug-likeness (QED) is 0.169. The Morgan fingerprint density at radius 1 is 0.250 bits per heavy atom. The van der Waals surface area contributed by atoms with E-state index < -0.39 is 0 Å². The van der Waals surface area contributed by atoms with Gasteiger partial charge in [-0.2, -0.15) is 0 Å². The maximum atomic E-state index is 5.30. The van der Waals surface area contributed by atoms with Crippen LogP contribution in [-0.2, 0) is 0 Å². The van der Waals surface area contributed by atoms with E-state index in [4.69, 9.17) is 9.97 Å². The first kappa shape index (κ1) is 32.7. The second kappa shape index (κ2) is 13.5. The first-order chi connectivity index (χ1) is 27.7. The van der Waals surface area contributed by atoms with Gasteiger partial charge >= 0.3 is 0 Å². The summed E-state index contributed by atoms with van der Waals surface area (Å²) in [6.45, 7) is 0. The van der Waals surface area contributed by atoms with Crippen molar-refractivity contribution < 1.29 is 0 Å². The molecule has 0 saturated heterocycles. The summed E-state index contributed by atoms with van der Waals surface area (Å²) in [5, 5.41) is 5.11. The molecule has 2 nitrogen and oxygen atoms in total.